The smallest absolute Gasteiger partial charge is 0.338 e. The third-order valence-corrected chi connectivity index (χ3v) is 5.79. The van der Waals surface area contributed by atoms with E-state index in [1.54, 1.807) is 37.3 Å². The first-order chi connectivity index (χ1) is 13.4. The van der Waals surface area contributed by atoms with Gasteiger partial charge in [0.25, 0.3) is 15.9 Å². The van der Waals surface area contributed by atoms with Crippen LogP contribution in [0.3, 0.4) is 0 Å². The quantitative estimate of drug-likeness (QED) is 0.649. The van der Waals surface area contributed by atoms with Gasteiger partial charge in [0.15, 0.2) is 6.61 Å². The molecule has 0 aliphatic rings. The highest BCUT2D eigenvalue weighted by molar-refractivity contribution is 7.92. The van der Waals surface area contributed by atoms with Gasteiger partial charge >= 0.3 is 5.97 Å². The fourth-order valence-corrected chi connectivity index (χ4v) is 4.05. The molecule has 0 aliphatic heterocycles. The second kappa shape index (κ2) is 9.89. The van der Waals surface area contributed by atoms with E-state index in [-0.39, 0.29) is 17.0 Å². The average Bonchev–Trinajstić information content (AvgIpc) is 2.71. The van der Waals surface area contributed by atoms with Gasteiger partial charge < -0.3 is 10.1 Å². The molecule has 7 nitrogen and oxygen atoms in total. The number of esters is 1. The van der Waals surface area contributed by atoms with E-state index in [1.165, 1.54) is 28.6 Å². The normalized spacial score (nSPS) is 10.9. The Morgan fingerprint density at radius 3 is 2.39 bits per heavy atom. The minimum Gasteiger partial charge on any atom is -0.452 e. The van der Waals surface area contributed by atoms with Gasteiger partial charge in [-0.2, -0.15) is 0 Å². The maximum absolute atomic E-state index is 13.0. The maximum atomic E-state index is 13.0. The van der Waals surface area contributed by atoms with E-state index in [4.69, 9.17) is 4.74 Å². The molecule has 0 aromatic heterocycles. The number of nitrogens with one attached hydrogen (secondary N) is 1. The zero-order valence-electron chi connectivity index (χ0n) is 15.9. The average molecular weight is 404 g/mol. The lowest BCUT2D eigenvalue weighted by molar-refractivity contribution is -0.124. The van der Waals surface area contributed by atoms with E-state index in [1.807, 2.05) is 6.92 Å². The first kappa shape index (κ1) is 21.4. The molecule has 0 heterocycles. The number of para-hydroxylation sites is 1. The number of sulfonamides is 1. The molecule has 0 radical (unpaired) electrons. The molecule has 1 amide bonds. The van der Waals surface area contributed by atoms with Crippen molar-refractivity contribution in [2.24, 2.45) is 0 Å². The number of anilines is 1. The Kier molecular flexibility index (Phi) is 7.57. The highest BCUT2D eigenvalue weighted by atomic mass is 32.2. The van der Waals surface area contributed by atoms with Crippen LogP contribution >= 0.6 is 0 Å². The fourth-order valence-electron chi connectivity index (χ4n) is 2.53. The number of carbonyl (C=O) groups excluding carboxylic acids is 2. The van der Waals surface area contributed by atoms with Crippen molar-refractivity contribution >= 4 is 27.6 Å². The van der Waals surface area contributed by atoms with Gasteiger partial charge in [-0.15, -0.1) is 0 Å². The van der Waals surface area contributed by atoms with Gasteiger partial charge in [0.2, 0.25) is 0 Å². The second-order valence-electron chi connectivity index (χ2n) is 5.96. The van der Waals surface area contributed by atoms with Crippen LogP contribution in [0, 0.1) is 0 Å². The summed E-state index contributed by atoms with van der Waals surface area (Å²) in [5.41, 5.74) is 0.596. The number of carbonyl (C=O) groups is 2. The van der Waals surface area contributed by atoms with E-state index >= 15 is 0 Å². The molecular formula is C20H24N2O5S. The molecule has 0 bridgehead atoms. The van der Waals surface area contributed by atoms with Crippen molar-refractivity contribution in [2.45, 2.75) is 25.2 Å². The van der Waals surface area contributed by atoms with Crippen LogP contribution < -0.4 is 9.62 Å². The van der Waals surface area contributed by atoms with Gasteiger partial charge in [0.1, 0.15) is 0 Å². The van der Waals surface area contributed by atoms with Gasteiger partial charge in [-0.3, -0.25) is 9.10 Å². The Morgan fingerprint density at radius 2 is 1.75 bits per heavy atom. The van der Waals surface area contributed by atoms with Crippen molar-refractivity contribution in [1.29, 1.82) is 0 Å². The summed E-state index contributed by atoms with van der Waals surface area (Å²) in [7, 11) is -3.86. The van der Waals surface area contributed by atoms with Crippen molar-refractivity contribution in [3.8, 4) is 0 Å². The highest BCUT2D eigenvalue weighted by Crippen LogP contribution is 2.24. The van der Waals surface area contributed by atoms with Gasteiger partial charge in [-0.05, 0) is 43.7 Å². The summed E-state index contributed by atoms with van der Waals surface area (Å²) in [4.78, 5) is 23.7. The van der Waals surface area contributed by atoms with Crippen LogP contribution in [0.25, 0.3) is 0 Å². The van der Waals surface area contributed by atoms with Crippen molar-refractivity contribution < 1.29 is 22.7 Å². The van der Waals surface area contributed by atoms with E-state index in [0.717, 1.165) is 6.42 Å². The number of amides is 1. The lowest BCUT2D eigenvalue weighted by Gasteiger charge is -2.23. The zero-order valence-corrected chi connectivity index (χ0v) is 16.7. The van der Waals surface area contributed by atoms with Crippen LogP contribution in [0.4, 0.5) is 5.69 Å². The number of nitrogens with zero attached hydrogens (tertiary/aromatic N) is 1. The fraction of sp³-hybridized carbons (Fsp3) is 0.300. The van der Waals surface area contributed by atoms with E-state index < -0.39 is 28.5 Å². The standard InChI is InChI=1S/C20H24N2O5S/c1-3-13-21-19(23)15-27-20(24)16-9-8-12-18(14-16)28(25,26)22(4-2)17-10-6-5-7-11-17/h5-12,14H,3-4,13,15H2,1-2H3,(H,21,23). The number of hydrogen-bond donors (Lipinski definition) is 1. The van der Waals surface area contributed by atoms with Gasteiger partial charge in [-0.1, -0.05) is 31.2 Å². The van der Waals surface area contributed by atoms with Crippen LogP contribution in [0.15, 0.2) is 59.5 Å². The van der Waals surface area contributed by atoms with E-state index in [2.05, 4.69) is 5.32 Å². The summed E-state index contributed by atoms with van der Waals surface area (Å²) in [6, 6.07) is 14.3. The van der Waals surface area contributed by atoms with E-state index in [0.29, 0.717) is 12.2 Å². The number of rotatable bonds is 9. The molecule has 8 heteroatoms. The molecule has 0 fully saturated rings. The van der Waals surface area contributed by atoms with Crippen molar-refractivity contribution in [3.63, 3.8) is 0 Å². The number of benzene rings is 2. The van der Waals surface area contributed by atoms with Crippen LogP contribution in [-0.2, 0) is 19.6 Å². The molecule has 2 aromatic carbocycles. The largest absolute Gasteiger partial charge is 0.452 e. The van der Waals surface area contributed by atoms with Crippen LogP contribution in [0.1, 0.15) is 30.6 Å². The van der Waals surface area contributed by atoms with E-state index in [9.17, 15) is 18.0 Å². The Bertz CT molecular complexity index is 913. The first-order valence-corrected chi connectivity index (χ1v) is 10.5. The Labute approximate surface area is 165 Å². The first-order valence-electron chi connectivity index (χ1n) is 9.01. The van der Waals surface area contributed by atoms with Gasteiger partial charge in [-0.25, -0.2) is 13.2 Å². The molecule has 0 atom stereocenters. The third kappa shape index (κ3) is 5.32. The topological polar surface area (TPSA) is 92.8 Å². The van der Waals surface area contributed by atoms with Crippen LogP contribution in [0.5, 0.6) is 0 Å². The second-order valence-corrected chi connectivity index (χ2v) is 7.82. The SMILES string of the molecule is CCCNC(=O)COC(=O)c1cccc(S(=O)(=O)N(CC)c2ccccc2)c1. The van der Waals surface area contributed by atoms with Crippen LogP contribution in [0.2, 0.25) is 0 Å². The summed E-state index contributed by atoms with van der Waals surface area (Å²) >= 11 is 0. The Hall–Kier alpha value is -2.87. The predicted octanol–water partition coefficient (Wildman–Crippen LogP) is 2.58. The molecule has 0 aliphatic carbocycles. The molecule has 28 heavy (non-hydrogen) atoms. The molecule has 0 saturated heterocycles. The molecule has 0 spiro atoms. The Morgan fingerprint density at radius 1 is 1.04 bits per heavy atom. The summed E-state index contributed by atoms with van der Waals surface area (Å²) in [6.07, 6.45) is 0.773. The molecule has 0 saturated carbocycles. The monoisotopic (exact) mass is 404 g/mol. The molecule has 150 valence electrons. The Balaban J connectivity index is 2.19. The lowest BCUT2D eigenvalue weighted by Crippen LogP contribution is -2.31. The molecule has 0 unspecified atom stereocenters. The van der Waals surface area contributed by atoms with Gasteiger partial charge in [0, 0.05) is 13.1 Å². The predicted molar refractivity (Wildman–Crippen MR) is 107 cm³/mol. The third-order valence-electron chi connectivity index (χ3n) is 3.90. The highest BCUT2D eigenvalue weighted by Gasteiger charge is 2.24. The maximum Gasteiger partial charge on any atom is 0.338 e. The summed E-state index contributed by atoms with van der Waals surface area (Å²) < 4.78 is 32.3. The van der Waals surface area contributed by atoms with Crippen molar-refractivity contribution in [2.75, 3.05) is 24.0 Å². The summed E-state index contributed by atoms with van der Waals surface area (Å²) in [5, 5.41) is 2.60. The number of ether oxygens (including phenoxy) is 1. The summed E-state index contributed by atoms with van der Waals surface area (Å²) in [6.45, 7) is 3.96. The summed E-state index contributed by atoms with van der Waals surface area (Å²) in [5.74, 6) is -1.16. The molecule has 2 rings (SSSR count). The van der Waals surface area contributed by atoms with Crippen molar-refractivity contribution in [1.82, 2.24) is 5.32 Å². The van der Waals surface area contributed by atoms with Crippen LogP contribution in [-0.4, -0.2) is 40.0 Å². The number of hydrogen-bond acceptors (Lipinski definition) is 5. The minimum atomic E-state index is -3.86. The van der Waals surface area contributed by atoms with Gasteiger partial charge in [0.05, 0.1) is 16.1 Å². The molecular weight excluding hydrogens is 380 g/mol. The molecule has 1 N–H and O–H groups in total. The zero-order chi connectivity index (χ0) is 20.6. The lowest BCUT2D eigenvalue weighted by atomic mass is 10.2. The minimum absolute atomic E-state index is 0.0249. The molecule has 2 aromatic rings. The van der Waals surface area contributed by atoms with Crippen molar-refractivity contribution in [3.05, 3.63) is 60.2 Å².